The van der Waals surface area contributed by atoms with Crippen molar-refractivity contribution in [1.82, 2.24) is 4.90 Å². The highest BCUT2D eigenvalue weighted by Gasteiger charge is 2.30. The van der Waals surface area contributed by atoms with Gasteiger partial charge in [-0.3, -0.25) is 4.90 Å². The van der Waals surface area contributed by atoms with Gasteiger partial charge in [-0.25, -0.2) is 0 Å². The Bertz CT molecular complexity index is 201. The van der Waals surface area contributed by atoms with E-state index in [9.17, 15) is 0 Å². The molecule has 94 valence electrons. The minimum Gasteiger partial charge on any atom is -0.327 e. The maximum Gasteiger partial charge on any atom is 0.0170 e. The van der Waals surface area contributed by atoms with Crippen molar-refractivity contribution >= 4 is 0 Å². The number of nitrogens with zero attached hydrogens (tertiary/aromatic N) is 1. The van der Waals surface area contributed by atoms with Gasteiger partial charge in [-0.05, 0) is 38.0 Å². The van der Waals surface area contributed by atoms with Gasteiger partial charge in [0.05, 0.1) is 0 Å². The molecule has 2 N–H and O–H groups in total. The molecule has 0 spiro atoms. The summed E-state index contributed by atoms with van der Waals surface area (Å²) in [4.78, 5) is 2.66. The van der Waals surface area contributed by atoms with Crippen molar-refractivity contribution < 1.29 is 0 Å². The van der Waals surface area contributed by atoms with Gasteiger partial charge in [0.1, 0.15) is 0 Å². The Hall–Kier alpha value is -0.0800. The van der Waals surface area contributed by atoms with E-state index in [4.69, 9.17) is 5.73 Å². The minimum atomic E-state index is 0.412. The van der Waals surface area contributed by atoms with Crippen molar-refractivity contribution in [2.24, 2.45) is 17.6 Å². The number of piperidine rings is 1. The number of likely N-dealkylation sites (tertiary alicyclic amines) is 1. The lowest BCUT2D eigenvalue weighted by Crippen LogP contribution is -2.51. The van der Waals surface area contributed by atoms with Gasteiger partial charge in [-0.2, -0.15) is 0 Å². The Labute approximate surface area is 101 Å². The van der Waals surface area contributed by atoms with Crippen molar-refractivity contribution in [2.75, 3.05) is 13.1 Å². The molecule has 3 atom stereocenters. The molecule has 2 heteroatoms. The molecule has 0 bridgehead atoms. The van der Waals surface area contributed by atoms with Crippen LogP contribution < -0.4 is 5.73 Å². The highest BCUT2D eigenvalue weighted by molar-refractivity contribution is 4.86. The zero-order valence-electron chi connectivity index (χ0n) is 11.0. The minimum absolute atomic E-state index is 0.412. The quantitative estimate of drug-likeness (QED) is 0.781. The van der Waals surface area contributed by atoms with E-state index in [1.54, 1.807) is 0 Å². The first kappa shape index (κ1) is 12.4. The maximum absolute atomic E-state index is 6.14. The first-order chi connectivity index (χ1) is 7.66. The summed E-state index contributed by atoms with van der Waals surface area (Å²) in [5, 5.41) is 0. The monoisotopic (exact) mass is 224 g/mol. The summed E-state index contributed by atoms with van der Waals surface area (Å²) in [5.41, 5.74) is 6.14. The van der Waals surface area contributed by atoms with Gasteiger partial charge < -0.3 is 5.73 Å². The van der Waals surface area contributed by atoms with Crippen LogP contribution in [0.25, 0.3) is 0 Å². The van der Waals surface area contributed by atoms with Crippen LogP contribution in [-0.2, 0) is 0 Å². The lowest BCUT2D eigenvalue weighted by atomic mass is 9.82. The Morgan fingerprint density at radius 1 is 1.12 bits per heavy atom. The first-order valence-electron chi connectivity index (χ1n) is 7.16. The molecule has 2 aliphatic rings. The highest BCUT2D eigenvalue weighted by Crippen LogP contribution is 2.30. The normalized spacial score (nSPS) is 36.2. The fourth-order valence-electron chi connectivity index (χ4n) is 3.69. The molecule has 1 aliphatic heterocycles. The molecule has 0 radical (unpaired) electrons. The van der Waals surface area contributed by atoms with Gasteiger partial charge in [0.2, 0.25) is 0 Å². The summed E-state index contributed by atoms with van der Waals surface area (Å²) in [6.07, 6.45) is 8.46. The van der Waals surface area contributed by atoms with Crippen LogP contribution in [0.4, 0.5) is 0 Å². The van der Waals surface area contributed by atoms with E-state index in [-0.39, 0.29) is 0 Å². The summed E-state index contributed by atoms with van der Waals surface area (Å²) >= 11 is 0. The molecule has 1 heterocycles. The molecule has 1 saturated carbocycles. The van der Waals surface area contributed by atoms with Crippen LogP contribution in [0, 0.1) is 11.8 Å². The average Bonchev–Trinajstić information content (AvgIpc) is 2.28. The largest absolute Gasteiger partial charge is 0.327 e. The van der Waals surface area contributed by atoms with E-state index in [1.807, 2.05) is 0 Å². The summed E-state index contributed by atoms with van der Waals surface area (Å²) in [7, 11) is 0. The molecular formula is C14H28N2. The topological polar surface area (TPSA) is 29.3 Å². The summed E-state index contributed by atoms with van der Waals surface area (Å²) in [5.74, 6) is 1.72. The Morgan fingerprint density at radius 2 is 1.81 bits per heavy atom. The standard InChI is InChI=1S/C14H28N2/c1-11-8-14(15)10-16(9-11)12(2)13-6-4-3-5-7-13/h11-14H,3-10,15H2,1-2H3. The van der Waals surface area contributed by atoms with Crippen LogP contribution in [0.2, 0.25) is 0 Å². The molecule has 0 aromatic rings. The van der Waals surface area contributed by atoms with Crippen molar-refractivity contribution in [3.63, 3.8) is 0 Å². The van der Waals surface area contributed by atoms with Gasteiger partial charge in [-0.1, -0.05) is 26.2 Å². The van der Waals surface area contributed by atoms with Crippen LogP contribution in [0.5, 0.6) is 0 Å². The average molecular weight is 224 g/mol. The third kappa shape index (κ3) is 2.98. The van der Waals surface area contributed by atoms with Crippen LogP contribution in [0.1, 0.15) is 52.4 Å². The molecule has 0 amide bonds. The Morgan fingerprint density at radius 3 is 2.44 bits per heavy atom. The molecule has 1 saturated heterocycles. The van der Waals surface area contributed by atoms with E-state index in [0.29, 0.717) is 6.04 Å². The van der Waals surface area contributed by atoms with Gasteiger partial charge in [0.15, 0.2) is 0 Å². The highest BCUT2D eigenvalue weighted by atomic mass is 15.2. The maximum atomic E-state index is 6.14. The second kappa shape index (κ2) is 5.50. The number of rotatable bonds is 2. The fraction of sp³-hybridized carbons (Fsp3) is 1.00. The van der Waals surface area contributed by atoms with Gasteiger partial charge in [-0.15, -0.1) is 0 Å². The fourth-order valence-corrected chi connectivity index (χ4v) is 3.69. The van der Waals surface area contributed by atoms with Crippen molar-refractivity contribution in [1.29, 1.82) is 0 Å². The lowest BCUT2D eigenvalue weighted by molar-refractivity contribution is 0.0771. The van der Waals surface area contributed by atoms with Crippen molar-refractivity contribution in [3.05, 3.63) is 0 Å². The molecule has 3 unspecified atom stereocenters. The van der Waals surface area contributed by atoms with Crippen LogP contribution in [-0.4, -0.2) is 30.1 Å². The third-order valence-corrected chi connectivity index (χ3v) is 4.63. The smallest absolute Gasteiger partial charge is 0.0170 e. The molecule has 2 rings (SSSR count). The van der Waals surface area contributed by atoms with Crippen molar-refractivity contribution in [2.45, 2.75) is 64.5 Å². The molecule has 1 aliphatic carbocycles. The van der Waals surface area contributed by atoms with E-state index >= 15 is 0 Å². The molecule has 2 nitrogen and oxygen atoms in total. The second-order valence-electron chi connectivity index (χ2n) is 6.19. The molecule has 0 aromatic carbocycles. The predicted molar refractivity (Wildman–Crippen MR) is 69.4 cm³/mol. The van der Waals surface area contributed by atoms with Crippen LogP contribution in [0.15, 0.2) is 0 Å². The predicted octanol–water partition coefficient (Wildman–Crippen LogP) is 2.62. The zero-order valence-corrected chi connectivity index (χ0v) is 11.0. The zero-order chi connectivity index (χ0) is 11.5. The number of nitrogens with two attached hydrogens (primary N) is 1. The summed E-state index contributed by atoms with van der Waals surface area (Å²) < 4.78 is 0. The number of hydrogen-bond acceptors (Lipinski definition) is 2. The van der Waals surface area contributed by atoms with E-state index in [1.165, 1.54) is 45.1 Å². The van der Waals surface area contributed by atoms with E-state index in [0.717, 1.165) is 24.4 Å². The van der Waals surface area contributed by atoms with Gasteiger partial charge in [0.25, 0.3) is 0 Å². The summed E-state index contributed by atoms with van der Waals surface area (Å²) in [6, 6.07) is 1.17. The van der Waals surface area contributed by atoms with E-state index < -0.39 is 0 Å². The Balaban J connectivity index is 1.89. The Kier molecular flexibility index (Phi) is 4.26. The third-order valence-electron chi connectivity index (χ3n) is 4.63. The summed E-state index contributed by atoms with van der Waals surface area (Å²) in [6.45, 7) is 7.17. The SMILES string of the molecule is CC1CC(N)CN(C(C)C2CCCCC2)C1. The molecule has 16 heavy (non-hydrogen) atoms. The molecule has 0 aromatic heterocycles. The van der Waals surface area contributed by atoms with Gasteiger partial charge >= 0.3 is 0 Å². The van der Waals surface area contributed by atoms with Crippen LogP contribution in [0.3, 0.4) is 0 Å². The first-order valence-corrected chi connectivity index (χ1v) is 7.16. The second-order valence-corrected chi connectivity index (χ2v) is 6.19. The lowest BCUT2D eigenvalue weighted by Gasteiger charge is -2.42. The van der Waals surface area contributed by atoms with Gasteiger partial charge in [0, 0.05) is 25.2 Å². The van der Waals surface area contributed by atoms with Crippen LogP contribution >= 0.6 is 0 Å². The van der Waals surface area contributed by atoms with Crippen molar-refractivity contribution in [3.8, 4) is 0 Å². The molecular weight excluding hydrogens is 196 g/mol. The van der Waals surface area contributed by atoms with E-state index in [2.05, 4.69) is 18.7 Å². The number of hydrogen-bond donors (Lipinski definition) is 1. The molecule has 2 fully saturated rings.